The van der Waals surface area contributed by atoms with Gasteiger partial charge in [0.25, 0.3) is 0 Å². The van der Waals surface area contributed by atoms with E-state index in [0.29, 0.717) is 0 Å². The summed E-state index contributed by atoms with van der Waals surface area (Å²) < 4.78 is 0. The Hall–Kier alpha value is -16.7. The summed E-state index contributed by atoms with van der Waals surface area (Å²) in [7, 11) is 0. The number of hydrogen-bond donors (Lipinski definition) is 0. The highest BCUT2D eigenvalue weighted by Gasteiger charge is 2.23. The lowest BCUT2D eigenvalue weighted by Crippen LogP contribution is -1.93. The van der Waals surface area contributed by atoms with Crippen LogP contribution < -0.4 is 0 Å². The summed E-state index contributed by atoms with van der Waals surface area (Å²) in [6, 6.07) is 117. The Morgan fingerprint density at radius 1 is 0.131 bits per heavy atom. The van der Waals surface area contributed by atoms with Crippen LogP contribution in [-0.4, -0.2) is 59.8 Å². The van der Waals surface area contributed by atoms with Gasteiger partial charge in [-0.3, -0.25) is 44.9 Å². The fourth-order valence-electron chi connectivity index (χ4n) is 18.5. The van der Waals surface area contributed by atoms with Gasteiger partial charge in [0.1, 0.15) is 0 Å². The van der Waals surface area contributed by atoms with Crippen molar-refractivity contribution in [1.29, 1.82) is 0 Å². The van der Waals surface area contributed by atoms with Gasteiger partial charge in [0.15, 0.2) is 0 Å². The molecule has 0 spiro atoms. The number of benzene rings is 14. The third kappa shape index (κ3) is 11.5. The van der Waals surface area contributed by atoms with E-state index in [1.165, 1.54) is 54.9 Å². The first-order valence-electron chi connectivity index (χ1n) is 40.8. The summed E-state index contributed by atoms with van der Waals surface area (Å²) in [5, 5.41) is 21.3. The van der Waals surface area contributed by atoms with Crippen LogP contribution in [0.15, 0.2) is 389 Å². The van der Waals surface area contributed by atoms with E-state index < -0.39 is 0 Å². The molecule has 12 aromatic heterocycles. The quantitative estimate of drug-likeness (QED) is 0.115. The Balaban J connectivity index is 0.000000104. The van der Waals surface area contributed by atoms with E-state index in [-0.39, 0.29) is 0 Å². The molecule has 0 unspecified atom stereocenters. The third-order valence-corrected chi connectivity index (χ3v) is 24.1. The van der Waals surface area contributed by atoms with E-state index in [0.717, 1.165) is 197 Å². The molecule has 0 bridgehead atoms. The number of pyridine rings is 12. The first-order valence-corrected chi connectivity index (χ1v) is 40.8. The van der Waals surface area contributed by atoms with Crippen LogP contribution in [0.25, 0.3) is 252 Å². The Morgan fingerprint density at radius 3 is 0.844 bits per heavy atom. The summed E-state index contributed by atoms with van der Waals surface area (Å²) in [6.45, 7) is 0. The molecule has 26 aromatic rings. The molecule has 122 heavy (non-hydrogen) atoms. The standard InChI is InChI=1S/2C38H22N4.C34H20N4/c1-2-8-33-31(7-1)34(32-16-14-24-6-4-19-40-36(24)38(32)42-33)28-12-10-25-21-27(11-9-26(25)22-28)29-17-20-41-37-30(29)15-13-23-5-3-18-39-35(23)37;1-2-10-26-25(9-1)27(28-19-22-41-37-30(28)15-13-23-7-5-20-39-35(23)37)17-18-29(26)34-31-11-3-4-12-33(31)42-38-32(34)16-14-24-8-6-21-40-36(24)38;1-2-8-29-27(7-1)30(28-16-14-24-6-4-19-36-32(24)34(28)38-29)22-11-9-21(10-12-22)25-17-20-37-33-26(25)15-13-23-5-3-18-35-31(23)33/h2*1-22H;1-20H. The SMILES string of the molecule is c1cnc2c(c1)ccc1c(-c3ccc(-c4c5ccccc5nc5c4ccc4cccnc45)c4ccccc34)ccnc12.c1cnc2c(c1)ccc1c(-c3ccc(-c4c5ccccc5nc5c4ccc4cccnc45)cc3)ccnc12.c1cnc2c(c1)ccc1c(-c3ccc4cc(-c5c6ccccc6nc6c5ccc5cccnc56)ccc4c3)ccnc12. The van der Waals surface area contributed by atoms with E-state index in [2.05, 4.69) is 310 Å². The van der Waals surface area contributed by atoms with Crippen molar-refractivity contribution in [3.63, 3.8) is 0 Å². The first kappa shape index (κ1) is 69.6. The van der Waals surface area contributed by atoms with Crippen molar-refractivity contribution in [2.24, 2.45) is 0 Å². The summed E-state index contributed by atoms with van der Waals surface area (Å²) in [5.74, 6) is 0. The molecule has 0 saturated carbocycles. The lowest BCUT2D eigenvalue weighted by atomic mass is 9.88. The van der Waals surface area contributed by atoms with Crippen LogP contribution in [0.3, 0.4) is 0 Å². The van der Waals surface area contributed by atoms with Gasteiger partial charge < -0.3 is 0 Å². The number of hydrogen-bond acceptors (Lipinski definition) is 12. The second kappa shape index (κ2) is 28.6. The summed E-state index contributed by atoms with van der Waals surface area (Å²) in [5.41, 5.74) is 28.0. The van der Waals surface area contributed by atoms with Crippen LogP contribution in [0.1, 0.15) is 0 Å². The highest BCUT2D eigenvalue weighted by molar-refractivity contribution is 6.23. The molecule has 0 saturated heterocycles. The van der Waals surface area contributed by atoms with Gasteiger partial charge in [0.05, 0.1) is 82.8 Å². The van der Waals surface area contributed by atoms with Crippen LogP contribution in [0.5, 0.6) is 0 Å². The van der Waals surface area contributed by atoms with Crippen LogP contribution in [0.4, 0.5) is 0 Å². The minimum absolute atomic E-state index is 0.921. The second-order valence-corrected chi connectivity index (χ2v) is 30.9. The Morgan fingerprint density at radius 2 is 0.410 bits per heavy atom. The maximum absolute atomic E-state index is 5.12. The lowest BCUT2D eigenvalue weighted by Gasteiger charge is -2.17. The molecule has 12 heteroatoms. The molecule has 0 N–H and O–H groups in total. The van der Waals surface area contributed by atoms with Crippen molar-refractivity contribution < 1.29 is 0 Å². The molecule has 0 radical (unpaired) electrons. The molecule has 12 heterocycles. The van der Waals surface area contributed by atoms with Gasteiger partial charge in [-0.15, -0.1) is 0 Å². The first-order chi connectivity index (χ1) is 60.5. The highest BCUT2D eigenvalue weighted by atomic mass is 14.8. The number of fused-ring (bicyclic) bond motifs is 23. The normalized spacial score (nSPS) is 11.8. The van der Waals surface area contributed by atoms with Crippen molar-refractivity contribution in [3.05, 3.63) is 389 Å². The summed E-state index contributed by atoms with van der Waals surface area (Å²) >= 11 is 0. The number of aromatic nitrogens is 12. The molecule has 0 aliphatic rings. The predicted octanol–water partition coefficient (Wildman–Crippen LogP) is 27.4. The van der Waals surface area contributed by atoms with E-state index in [9.17, 15) is 0 Å². The maximum atomic E-state index is 5.12. The van der Waals surface area contributed by atoms with Crippen molar-refractivity contribution in [1.82, 2.24) is 59.8 Å². The molecular weight excluding hydrogens is 1490 g/mol. The topological polar surface area (TPSA) is 155 Å². The largest absolute Gasteiger partial charge is 0.254 e. The van der Waals surface area contributed by atoms with Crippen molar-refractivity contribution in [2.45, 2.75) is 0 Å². The number of para-hydroxylation sites is 3. The Bertz CT molecular complexity index is 8880. The smallest absolute Gasteiger partial charge is 0.0978 e. The zero-order valence-electron chi connectivity index (χ0n) is 65.3. The second-order valence-electron chi connectivity index (χ2n) is 30.9. The van der Waals surface area contributed by atoms with Gasteiger partial charge in [0.2, 0.25) is 0 Å². The molecule has 12 nitrogen and oxygen atoms in total. The Labute approximate surface area is 696 Å². The molecule has 0 atom stereocenters. The zero-order chi connectivity index (χ0) is 80.3. The molecule has 26 rings (SSSR count). The third-order valence-electron chi connectivity index (χ3n) is 24.1. The van der Waals surface area contributed by atoms with Crippen LogP contribution >= 0.6 is 0 Å². The number of nitrogens with zero attached hydrogens (tertiary/aromatic N) is 12. The van der Waals surface area contributed by atoms with Crippen molar-refractivity contribution in [2.75, 3.05) is 0 Å². The lowest BCUT2D eigenvalue weighted by molar-refractivity contribution is 1.37. The molecule has 14 aromatic carbocycles. The van der Waals surface area contributed by atoms with E-state index in [1.54, 1.807) is 0 Å². The molecule has 564 valence electrons. The summed E-state index contributed by atoms with van der Waals surface area (Å²) in [6.07, 6.45) is 16.7. The minimum atomic E-state index is 0.921. The predicted molar refractivity (Wildman–Crippen MR) is 503 cm³/mol. The van der Waals surface area contributed by atoms with Crippen LogP contribution in [0, 0.1) is 0 Å². The molecule has 0 aliphatic carbocycles. The van der Waals surface area contributed by atoms with E-state index >= 15 is 0 Å². The molecular formula is C110H64N12. The van der Waals surface area contributed by atoms with Gasteiger partial charge in [0, 0.05) is 153 Å². The van der Waals surface area contributed by atoms with Crippen molar-refractivity contribution in [3.8, 4) is 66.8 Å². The summed E-state index contributed by atoms with van der Waals surface area (Å²) in [4.78, 5) is 57.4. The van der Waals surface area contributed by atoms with Gasteiger partial charge in [-0.2, -0.15) is 0 Å². The fraction of sp³-hybridized carbons (Fsp3) is 0. The van der Waals surface area contributed by atoms with Gasteiger partial charge >= 0.3 is 0 Å². The Kier molecular flexibility index (Phi) is 16.3. The minimum Gasteiger partial charge on any atom is -0.254 e. The molecule has 0 fully saturated rings. The van der Waals surface area contributed by atoms with Gasteiger partial charge in [-0.1, -0.05) is 249 Å². The fourth-order valence-corrected chi connectivity index (χ4v) is 18.5. The molecule has 0 aliphatic heterocycles. The van der Waals surface area contributed by atoms with E-state index in [1.807, 2.05) is 104 Å². The average molecular weight is 1550 g/mol. The maximum Gasteiger partial charge on any atom is 0.0978 e. The monoisotopic (exact) mass is 1550 g/mol. The van der Waals surface area contributed by atoms with E-state index in [4.69, 9.17) is 34.9 Å². The number of rotatable bonds is 6. The van der Waals surface area contributed by atoms with Crippen LogP contribution in [0.2, 0.25) is 0 Å². The van der Waals surface area contributed by atoms with Crippen LogP contribution in [-0.2, 0) is 0 Å². The van der Waals surface area contributed by atoms with Crippen molar-refractivity contribution >= 4 is 185 Å². The zero-order valence-corrected chi connectivity index (χ0v) is 65.3. The highest BCUT2D eigenvalue weighted by Crippen LogP contribution is 2.47. The average Bonchev–Trinajstić information content (AvgIpc) is 0.752. The van der Waals surface area contributed by atoms with Gasteiger partial charge in [-0.05, 0) is 157 Å². The molecule has 0 amide bonds. The van der Waals surface area contributed by atoms with Gasteiger partial charge in [-0.25, -0.2) is 15.0 Å².